The van der Waals surface area contributed by atoms with E-state index in [-0.39, 0.29) is 30.2 Å². The van der Waals surface area contributed by atoms with E-state index in [1.54, 1.807) is 13.8 Å². The first-order valence-corrected chi connectivity index (χ1v) is 9.08. The number of carboxylic acid groups (broad SMARTS) is 1. The molecule has 2 aromatic carbocycles. The second-order valence-corrected chi connectivity index (χ2v) is 6.94. The van der Waals surface area contributed by atoms with Crippen LogP contribution in [0, 0.1) is 5.82 Å². The molecule has 5 nitrogen and oxygen atoms in total. The molecule has 0 saturated heterocycles. The number of hydrogen-bond donors (Lipinski definition) is 2. The predicted molar refractivity (Wildman–Crippen MR) is 102 cm³/mol. The topological polar surface area (TPSA) is 75.6 Å². The highest BCUT2D eigenvalue weighted by Crippen LogP contribution is 2.29. The fourth-order valence-electron chi connectivity index (χ4n) is 2.75. The van der Waals surface area contributed by atoms with Gasteiger partial charge in [0, 0.05) is 12.1 Å². The molecule has 0 aliphatic rings. The average Bonchev–Trinajstić information content (AvgIpc) is 2.63. The summed E-state index contributed by atoms with van der Waals surface area (Å²) in [5.74, 6) is -2.44. The quantitative estimate of drug-likeness (QED) is 0.611. The van der Waals surface area contributed by atoms with E-state index in [9.17, 15) is 32.3 Å². The molecule has 30 heavy (non-hydrogen) atoms. The van der Waals surface area contributed by atoms with Crippen LogP contribution in [0.5, 0.6) is 0 Å². The second-order valence-electron chi connectivity index (χ2n) is 6.94. The van der Waals surface area contributed by atoms with Crippen molar-refractivity contribution in [3.63, 3.8) is 0 Å². The first-order valence-electron chi connectivity index (χ1n) is 9.08. The number of anilines is 1. The zero-order valence-electron chi connectivity index (χ0n) is 16.3. The summed E-state index contributed by atoms with van der Waals surface area (Å²) >= 11 is 0. The first kappa shape index (κ1) is 23.3. The monoisotopic (exact) mass is 427 g/mol. The Balaban J connectivity index is 2.07. The molecule has 1 amide bonds. The van der Waals surface area contributed by atoms with Gasteiger partial charge in [-0.25, -0.2) is 9.18 Å². The largest absolute Gasteiger partial charge is 0.479 e. The molecule has 0 aromatic heterocycles. The van der Waals surface area contributed by atoms with E-state index >= 15 is 0 Å². The van der Waals surface area contributed by atoms with Crippen LogP contribution >= 0.6 is 0 Å². The molecule has 2 N–H and O–H groups in total. The number of rotatable bonds is 8. The second kappa shape index (κ2) is 9.71. The highest BCUT2D eigenvalue weighted by Gasteiger charge is 2.30. The van der Waals surface area contributed by atoms with E-state index in [0.717, 1.165) is 30.3 Å². The van der Waals surface area contributed by atoms with Crippen LogP contribution in [0.1, 0.15) is 30.5 Å². The zero-order chi connectivity index (χ0) is 22.5. The number of amides is 1. The van der Waals surface area contributed by atoms with Gasteiger partial charge >= 0.3 is 12.1 Å². The highest BCUT2D eigenvalue weighted by atomic mass is 19.4. The number of ether oxygens (including phenoxy) is 1. The number of benzene rings is 2. The van der Waals surface area contributed by atoms with Crippen molar-refractivity contribution < 1.29 is 37.0 Å². The number of nitrogens with one attached hydrogen (secondary N) is 1. The number of halogens is 4. The lowest BCUT2D eigenvalue weighted by Gasteiger charge is -2.17. The molecule has 2 aromatic rings. The van der Waals surface area contributed by atoms with Crippen LogP contribution in [0.2, 0.25) is 0 Å². The Morgan fingerprint density at radius 3 is 2.27 bits per heavy atom. The van der Waals surface area contributed by atoms with Gasteiger partial charge in [0.05, 0.1) is 18.1 Å². The fraction of sp³-hybridized carbons (Fsp3) is 0.333. The zero-order valence-corrected chi connectivity index (χ0v) is 16.3. The smallest absolute Gasteiger partial charge is 0.416 e. The SMILES string of the molecule is CC(C)OC(Cc1ccc(F)c(CC(=O)Nc2ccc(C(F)(F)F)cc2)c1)C(=O)O. The Morgan fingerprint density at radius 1 is 1.10 bits per heavy atom. The van der Waals surface area contributed by atoms with Gasteiger partial charge in [-0.2, -0.15) is 13.2 Å². The fourth-order valence-corrected chi connectivity index (χ4v) is 2.75. The molecule has 0 fully saturated rings. The Bertz CT molecular complexity index is 895. The summed E-state index contributed by atoms with van der Waals surface area (Å²) in [7, 11) is 0. The standard InChI is InChI=1S/C21H21F4NO4/c1-12(2)30-18(20(28)29)10-13-3-8-17(22)14(9-13)11-19(27)26-16-6-4-15(5-7-16)21(23,24)25/h3-9,12,18H,10-11H2,1-2H3,(H,26,27)(H,28,29). The molecule has 0 aliphatic carbocycles. The molecular weight excluding hydrogens is 406 g/mol. The van der Waals surface area contributed by atoms with Crippen molar-refractivity contribution in [2.75, 3.05) is 5.32 Å². The number of aliphatic carboxylic acids is 1. The third kappa shape index (κ3) is 6.84. The lowest BCUT2D eigenvalue weighted by atomic mass is 10.0. The van der Waals surface area contributed by atoms with Crippen molar-refractivity contribution in [1.29, 1.82) is 0 Å². The minimum atomic E-state index is -4.49. The van der Waals surface area contributed by atoms with Gasteiger partial charge in [-0.15, -0.1) is 0 Å². The van der Waals surface area contributed by atoms with E-state index in [2.05, 4.69) is 5.32 Å². The normalized spacial score (nSPS) is 12.6. The van der Waals surface area contributed by atoms with Gasteiger partial charge in [-0.1, -0.05) is 12.1 Å². The molecule has 1 unspecified atom stereocenters. The minimum Gasteiger partial charge on any atom is -0.479 e. The van der Waals surface area contributed by atoms with Crippen LogP contribution in [0.3, 0.4) is 0 Å². The molecule has 1 atom stereocenters. The summed E-state index contributed by atoms with van der Waals surface area (Å²) in [6, 6.07) is 7.79. The summed E-state index contributed by atoms with van der Waals surface area (Å²) in [5.41, 5.74) is -0.205. The molecule has 0 heterocycles. The molecule has 0 saturated carbocycles. The number of hydrogen-bond acceptors (Lipinski definition) is 3. The van der Waals surface area contributed by atoms with E-state index in [1.165, 1.54) is 12.1 Å². The molecule has 0 radical (unpaired) electrons. The average molecular weight is 427 g/mol. The van der Waals surface area contributed by atoms with Gasteiger partial charge in [0.25, 0.3) is 0 Å². The number of alkyl halides is 3. The van der Waals surface area contributed by atoms with E-state index in [1.807, 2.05) is 0 Å². The van der Waals surface area contributed by atoms with Crippen LogP contribution in [-0.4, -0.2) is 29.2 Å². The van der Waals surface area contributed by atoms with Crippen molar-refractivity contribution >= 4 is 17.6 Å². The summed E-state index contributed by atoms with van der Waals surface area (Å²) in [6.07, 6.45) is -6.31. The molecule has 162 valence electrons. The lowest BCUT2D eigenvalue weighted by Crippen LogP contribution is -2.29. The highest BCUT2D eigenvalue weighted by molar-refractivity contribution is 5.92. The molecule has 0 aliphatic heterocycles. The van der Waals surface area contributed by atoms with Crippen molar-refractivity contribution in [2.45, 2.75) is 45.1 Å². The van der Waals surface area contributed by atoms with Gasteiger partial charge in [0.15, 0.2) is 6.10 Å². The van der Waals surface area contributed by atoms with E-state index < -0.39 is 35.5 Å². The summed E-state index contributed by atoms with van der Waals surface area (Å²) < 4.78 is 57.2. The summed E-state index contributed by atoms with van der Waals surface area (Å²) in [5, 5.41) is 11.7. The number of carbonyl (C=O) groups excluding carboxylic acids is 1. The van der Waals surface area contributed by atoms with Crippen molar-refractivity contribution in [2.24, 2.45) is 0 Å². The number of carboxylic acids is 1. The Hall–Kier alpha value is -2.94. The van der Waals surface area contributed by atoms with Crippen LogP contribution in [0.25, 0.3) is 0 Å². The van der Waals surface area contributed by atoms with Gasteiger partial charge < -0.3 is 15.2 Å². The van der Waals surface area contributed by atoms with Gasteiger partial charge in [-0.05, 0) is 55.3 Å². The molecule has 9 heteroatoms. The first-order chi connectivity index (χ1) is 14.0. The Kier molecular flexibility index (Phi) is 7.55. The Morgan fingerprint density at radius 2 is 1.73 bits per heavy atom. The molecular formula is C21H21F4NO4. The Labute approximate surface area is 170 Å². The van der Waals surface area contributed by atoms with Gasteiger partial charge in [0.2, 0.25) is 5.91 Å². The van der Waals surface area contributed by atoms with Crippen LogP contribution in [0.4, 0.5) is 23.2 Å². The van der Waals surface area contributed by atoms with Crippen molar-refractivity contribution in [3.8, 4) is 0 Å². The third-order valence-electron chi connectivity index (χ3n) is 4.09. The maximum Gasteiger partial charge on any atom is 0.416 e. The van der Waals surface area contributed by atoms with Gasteiger partial charge in [0.1, 0.15) is 5.82 Å². The molecule has 2 rings (SSSR count). The van der Waals surface area contributed by atoms with Crippen LogP contribution in [-0.2, 0) is 33.3 Å². The van der Waals surface area contributed by atoms with Crippen molar-refractivity contribution in [3.05, 3.63) is 65.0 Å². The third-order valence-corrected chi connectivity index (χ3v) is 4.09. The molecule has 0 bridgehead atoms. The predicted octanol–water partition coefficient (Wildman–Crippen LogP) is 4.45. The van der Waals surface area contributed by atoms with Crippen molar-refractivity contribution in [1.82, 2.24) is 0 Å². The summed E-state index contributed by atoms with van der Waals surface area (Å²) in [6.45, 7) is 3.38. The number of carbonyl (C=O) groups is 2. The van der Waals surface area contributed by atoms with Crippen LogP contribution in [0.15, 0.2) is 42.5 Å². The summed E-state index contributed by atoms with van der Waals surface area (Å²) in [4.78, 5) is 23.5. The van der Waals surface area contributed by atoms with Gasteiger partial charge in [-0.3, -0.25) is 4.79 Å². The minimum absolute atomic E-state index is 0.0126. The van der Waals surface area contributed by atoms with E-state index in [4.69, 9.17) is 4.74 Å². The molecule has 0 spiro atoms. The maximum atomic E-state index is 14.1. The maximum absolute atomic E-state index is 14.1. The lowest BCUT2D eigenvalue weighted by molar-refractivity contribution is -0.153. The van der Waals surface area contributed by atoms with E-state index in [0.29, 0.717) is 5.56 Å². The van der Waals surface area contributed by atoms with Crippen LogP contribution < -0.4 is 5.32 Å².